The number of methoxy groups -OCH3 is 1. The van der Waals surface area contributed by atoms with Crippen LogP contribution in [0.3, 0.4) is 0 Å². The normalized spacial score (nSPS) is 43.8. The summed E-state index contributed by atoms with van der Waals surface area (Å²) in [5.74, 6) is 1.39. The van der Waals surface area contributed by atoms with Gasteiger partial charge >= 0.3 is 0 Å². The van der Waals surface area contributed by atoms with Gasteiger partial charge in [-0.05, 0) is 11.8 Å². The van der Waals surface area contributed by atoms with Crippen molar-refractivity contribution in [1.82, 2.24) is 0 Å². The minimum Gasteiger partial charge on any atom is -0.384 e. The van der Waals surface area contributed by atoms with Gasteiger partial charge in [-0.1, -0.05) is 32.9 Å². The third kappa shape index (κ3) is 1.02. The quantitative estimate of drug-likeness (QED) is 0.555. The Morgan fingerprint density at radius 1 is 1.55 bits per heavy atom. The maximum Gasteiger partial charge on any atom is 0.0556 e. The van der Waals surface area contributed by atoms with Crippen LogP contribution in [0, 0.1) is 17.3 Å². The van der Waals surface area contributed by atoms with Gasteiger partial charge in [0, 0.05) is 12.5 Å². The SMILES string of the molecule is C=C1[C@@H](C)[C@H](C)[C@@]1(C)COC. The molecular weight excluding hydrogens is 136 g/mol. The van der Waals surface area contributed by atoms with Gasteiger partial charge in [0.05, 0.1) is 6.61 Å². The molecule has 3 atom stereocenters. The van der Waals surface area contributed by atoms with Gasteiger partial charge in [-0.3, -0.25) is 0 Å². The van der Waals surface area contributed by atoms with Gasteiger partial charge in [-0.25, -0.2) is 0 Å². The molecule has 64 valence electrons. The molecule has 0 unspecified atom stereocenters. The van der Waals surface area contributed by atoms with Crippen molar-refractivity contribution in [1.29, 1.82) is 0 Å². The Hall–Kier alpha value is -0.300. The second-order valence-electron chi connectivity index (χ2n) is 3.95. The zero-order valence-corrected chi connectivity index (χ0v) is 7.98. The van der Waals surface area contributed by atoms with Crippen molar-refractivity contribution in [2.75, 3.05) is 13.7 Å². The molecule has 1 aliphatic rings. The molecule has 0 aromatic carbocycles. The molecule has 0 saturated heterocycles. The second kappa shape index (κ2) is 2.63. The first-order valence-electron chi connectivity index (χ1n) is 4.22. The molecule has 0 N–H and O–H groups in total. The molecule has 0 aromatic rings. The topological polar surface area (TPSA) is 9.23 Å². The van der Waals surface area contributed by atoms with Crippen LogP contribution < -0.4 is 0 Å². The highest BCUT2D eigenvalue weighted by Crippen LogP contribution is 2.54. The zero-order chi connectivity index (χ0) is 8.65. The number of ether oxygens (including phenoxy) is 1. The molecule has 0 amide bonds. The summed E-state index contributed by atoms with van der Waals surface area (Å²) in [6.07, 6.45) is 0. The van der Waals surface area contributed by atoms with Crippen LogP contribution in [0.25, 0.3) is 0 Å². The van der Waals surface area contributed by atoms with E-state index in [0.717, 1.165) is 12.5 Å². The van der Waals surface area contributed by atoms with Crippen molar-refractivity contribution in [3.8, 4) is 0 Å². The van der Waals surface area contributed by atoms with Crippen molar-refractivity contribution in [3.05, 3.63) is 12.2 Å². The maximum absolute atomic E-state index is 5.18. The van der Waals surface area contributed by atoms with Crippen molar-refractivity contribution < 1.29 is 4.74 Å². The third-order valence-electron chi connectivity index (χ3n) is 3.48. The minimum absolute atomic E-state index is 0.244. The number of rotatable bonds is 2. The molecule has 1 rings (SSSR count). The lowest BCUT2D eigenvalue weighted by atomic mass is 9.53. The standard InChI is InChI=1S/C10H18O/c1-7-8(2)10(4,6-11-5)9(7)3/h7,9H,2,6H2,1,3-5H3/t7-,9+,10+/m1/s1. The van der Waals surface area contributed by atoms with Crippen LogP contribution in [0.15, 0.2) is 12.2 Å². The Balaban J connectivity index is 2.66. The molecule has 0 aliphatic heterocycles. The van der Waals surface area contributed by atoms with Gasteiger partial charge < -0.3 is 4.74 Å². The Bertz CT molecular complexity index is 174. The highest BCUT2D eigenvalue weighted by molar-refractivity contribution is 5.25. The largest absolute Gasteiger partial charge is 0.384 e. The monoisotopic (exact) mass is 154 g/mol. The van der Waals surface area contributed by atoms with E-state index in [-0.39, 0.29) is 5.41 Å². The van der Waals surface area contributed by atoms with Crippen molar-refractivity contribution >= 4 is 0 Å². The van der Waals surface area contributed by atoms with Crippen molar-refractivity contribution in [3.63, 3.8) is 0 Å². The van der Waals surface area contributed by atoms with Crippen LogP contribution >= 0.6 is 0 Å². The maximum atomic E-state index is 5.18. The first-order chi connectivity index (χ1) is 5.04. The molecule has 0 spiro atoms. The summed E-state index contributed by atoms with van der Waals surface area (Å²) in [6.45, 7) is 11.7. The van der Waals surface area contributed by atoms with Crippen LogP contribution in [0.1, 0.15) is 20.8 Å². The predicted molar refractivity (Wildman–Crippen MR) is 47.5 cm³/mol. The molecule has 11 heavy (non-hydrogen) atoms. The lowest BCUT2D eigenvalue weighted by Crippen LogP contribution is -2.48. The van der Waals surface area contributed by atoms with Crippen LogP contribution in [0.2, 0.25) is 0 Å². The highest BCUT2D eigenvalue weighted by Gasteiger charge is 2.48. The molecule has 0 bridgehead atoms. The molecule has 1 nitrogen and oxygen atoms in total. The summed E-state index contributed by atoms with van der Waals surface area (Å²) in [7, 11) is 1.76. The van der Waals surface area contributed by atoms with Gasteiger partial charge in [0.25, 0.3) is 0 Å². The fourth-order valence-electron chi connectivity index (χ4n) is 2.09. The lowest BCUT2D eigenvalue weighted by molar-refractivity contribution is 0.00456. The minimum atomic E-state index is 0.244. The second-order valence-corrected chi connectivity index (χ2v) is 3.95. The van der Waals surface area contributed by atoms with Gasteiger partial charge in [0.2, 0.25) is 0 Å². The van der Waals surface area contributed by atoms with E-state index in [9.17, 15) is 0 Å². The Labute approximate surface area is 69.4 Å². The van der Waals surface area contributed by atoms with Crippen LogP contribution in [-0.2, 0) is 4.74 Å². The van der Waals surface area contributed by atoms with Crippen molar-refractivity contribution in [2.45, 2.75) is 20.8 Å². The summed E-state index contributed by atoms with van der Waals surface area (Å²) in [6, 6.07) is 0. The lowest BCUT2D eigenvalue weighted by Gasteiger charge is -2.52. The first-order valence-corrected chi connectivity index (χ1v) is 4.22. The van der Waals surface area contributed by atoms with E-state index < -0.39 is 0 Å². The highest BCUT2D eigenvalue weighted by atomic mass is 16.5. The molecular formula is C10H18O. The van der Waals surface area contributed by atoms with Gasteiger partial charge in [0.15, 0.2) is 0 Å². The molecule has 1 aliphatic carbocycles. The average molecular weight is 154 g/mol. The van der Waals surface area contributed by atoms with Gasteiger partial charge in [-0.15, -0.1) is 0 Å². The van der Waals surface area contributed by atoms with E-state index >= 15 is 0 Å². The van der Waals surface area contributed by atoms with E-state index in [1.54, 1.807) is 7.11 Å². The van der Waals surface area contributed by atoms with Gasteiger partial charge in [0.1, 0.15) is 0 Å². The summed E-state index contributed by atoms with van der Waals surface area (Å²) < 4.78 is 5.18. The smallest absolute Gasteiger partial charge is 0.0556 e. The van der Waals surface area contributed by atoms with Crippen LogP contribution in [-0.4, -0.2) is 13.7 Å². The fourth-order valence-corrected chi connectivity index (χ4v) is 2.09. The molecule has 1 heteroatoms. The summed E-state index contributed by atoms with van der Waals surface area (Å²) >= 11 is 0. The Morgan fingerprint density at radius 3 is 2.45 bits per heavy atom. The third-order valence-corrected chi connectivity index (χ3v) is 3.48. The van der Waals surface area contributed by atoms with Crippen LogP contribution in [0.5, 0.6) is 0 Å². The van der Waals surface area contributed by atoms with E-state index in [4.69, 9.17) is 4.74 Å². The van der Waals surface area contributed by atoms with E-state index in [1.807, 2.05) is 0 Å². The van der Waals surface area contributed by atoms with E-state index in [0.29, 0.717) is 5.92 Å². The predicted octanol–water partition coefficient (Wildman–Crippen LogP) is 2.48. The Kier molecular flexibility index (Phi) is 2.10. The summed E-state index contributed by atoms with van der Waals surface area (Å²) in [4.78, 5) is 0. The molecule has 0 heterocycles. The zero-order valence-electron chi connectivity index (χ0n) is 7.98. The van der Waals surface area contributed by atoms with Crippen molar-refractivity contribution in [2.24, 2.45) is 17.3 Å². The summed E-state index contributed by atoms with van der Waals surface area (Å²) in [5.41, 5.74) is 1.60. The fraction of sp³-hybridized carbons (Fsp3) is 0.800. The number of hydrogen-bond donors (Lipinski definition) is 0. The number of hydrogen-bond acceptors (Lipinski definition) is 1. The molecule has 0 aromatic heterocycles. The van der Waals surface area contributed by atoms with E-state index in [1.165, 1.54) is 5.57 Å². The van der Waals surface area contributed by atoms with Crippen LogP contribution in [0.4, 0.5) is 0 Å². The first kappa shape index (κ1) is 8.79. The van der Waals surface area contributed by atoms with Gasteiger partial charge in [-0.2, -0.15) is 0 Å². The average Bonchev–Trinajstić information content (AvgIpc) is 2.01. The molecule has 0 radical (unpaired) electrons. The summed E-state index contributed by atoms with van der Waals surface area (Å²) in [5, 5.41) is 0. The van der Waals surface area contributed by atoms with E-state index in [2.05, 4.69) is 27.4 Å². The molecule has 1 saturated carbocycles. The molecule has 1 fully saturated rings. The Morgan fingerprint density at radius 2 is 2.09 bits per heavy atom.